The van der Waals surface area contributed by atoms with Crippen LogP contribution in [-0.2, 0) is 11.4 Å². The largest absolute Gasteiger partial charge is 0.497 e. The summed E-state index contributed by atoms with van der Waals surface area (Å²) in [5, 5.41) is 10.1. The van der Waals surface area contributed by atoms with Crippen molar-refractivity contribution < 1.29 is 24.1 Å². The second-order valence-electron chi connectivity index (χ2n) is 8.41. The summed E-state index contributed by atoms with van der Waals surface area (Å²) in [7, 11) is 3.25. The quantitative estimate of drug-likeness (QED) is 0.466. The highest BCUT2D eigenvalue weighted by Crippen LogP contribution is 2.43. The first-order chi connectivity index (χ1) is 16.6. The molecule has 1 N–H and O–H groups in total. The number of benzene rings is 3. The predicted octanol–water partition coefficient (Wildman–Crippen LogP) is 5.31. The Morgan fingerprint density at radius 1 is 0.941 bits per heavy atom. The fourth-order valence-electron chi connectivity index (χ4n) is 4.68. The number of methoxy groups -OCH3 is 2. The molecule has 0 saturated carbocycles. The topological polar surface area (TPSA) is 68.2 Å². The third-order valence-corrected chi connectivity index (χ3v) is 6.34. The van der Waals surface area contributed by atoms with Crippen LogP contribution in [0.1, 0.15) is 42.0 Å². The van der Waals surface area contributed by atoms with Crippen LogP contribution < -0.4 is 14.2 Å². The lowest BCUT2D eigenvalue weighted by Gasteiger charge is -2.40. The number of carboxylic acids is 1. The first-order valence-electron chi connectivity index (χ1n) is 11.6. The smallest absolute Gasteiger partial charge is 0.320 e. The molecule has 1 saturated heterocycles. The maximum atomic E-state index is 12.3. The Hall–Kier alpha value is -3.51. The van der Waals surface area contributed by atoms with Crippen LogP contribution in [0.3, 0.4) is 0 Å². The maximum Gasteiger partial charge on any atom is 0.320 e. The van der Waals surface area contributed by atoms with Crippen LogP contribution in [0.25, 0.3) is 0 Å². The number of piperidine rings is 1. The molecule has 6 heteroatoms. The van der Waals surface area contributed by atoms with E-state index in [-0.39, 0.29) is 6.04 Å². The Morgan fingerprint density at radius 2 is 1.71 bits per heavy atom. The minimum absolute atomic E-state index is 0.376. The van der Waals surface area contributed by atoms with Gasteiger partial charge in [0.1, 0.15) is 29.9 Å². The van der Waals surface area contributed by atoms with Crippen molar-refractivity contribution in [2.45, 2.75) is 38.0 Å². The summed E-state index contributed by atoms with van der Waals surface area (Å²) >= 11 is 0. The van der Waals surface area contributed by atoms with Crippen LogP contribution in [0.5, 0.6) is 17.2 Å². The SMILES string of the molecule is COc1ccc(OC)c(C(c2ccccc2OCc2ccccc2)N2CCCCC2C(=O)O)c1. The molecule has 0 spiro atoms. The van der Waals surface area contributed by atoms with Gasteiger partial charge in [0, 0.05) is 11.1 Å². The molecule has 178 valence electrons. The molecule has 1 fully saturated rings. The monoisotopic (exact) mass is 461 g/mol. The van der Waals surface area contributed by atoms with Gasteiger partial charge in [-0.25, -0.2) is 0 Å². The molecule has 1 aliphatic heterocycles. The van der Waals surface area contributed by atoms with Crippen LogP contribution in [0, 0.1) is 0 Å². The zero-order valence-corrected chi connectivity index (χ0v) is 19.6. The van der Waals surface area contributed by atoms with E-state index in [2.05, 4.69) is 4.90 Å². The van der Waals surface area contributed by atoms with Crippen molar-refractivity contribution in [1.29, 1.82) is 0 Å². The fraction of sp³-hybridized carbons (Fsp3) is 0.321. The molecule has 0 radical (unpaired) electrons. The van der Waals surface area contributed by atoms with Gasteiger partial charge in [0.2, 0.25) is 0 Å². The molecule has 2 atom stereocenters. The average Bonchev–Trinajstić information content (AvgIpc) is 2.89. The normalized spacial score (nSPS) is 17.1. The van der Waals surface area contributed by atoms with Crippen LogP contribution in [0.2, 0.25) is 0 Å². The number of aliphatic carboxylic acids is 1. The molecule has 3 aromatic carbocycles. The zero-order chi connectivity index (χ0) is 23.9. The van der Waals surface area contributed by atoms with Gasteiger partial charge in [-0.2, -0.15) is 0 Å². The fourth-order valence-corrected chi connectivity index (χ4v) is 4.68. The van der Waals surface area contributed by atoms with Gasteiger partial charge in [-0.05, 0) is 49.2 Å². The van der Waals surface area contributed by atoms with E-state index in [0.29, 0.717) is 31.1 Å². The number of hydrogen-bond acceptors (Lipinski definition) is 5. The Morgan fingerprint density at radius 3 is 2.44 bits per heavy atom. The van der Waals surface area contributed by atoms with E-state index in [1.165, 1.54) is 0 Å². The van der Waals surface area contributed by atoms with Gasteiger partial charge in [-0.3, -0.25) is 9.69 Å². The van der Waals surface area contributed by atoms with Crippen molar-refractivity contribution in [1.82, 2.24) is 4.90 Å². The lowest BCUT2D eigenvalue weighted by atomic mass is 9.90. The van der Waals surface area contributed by atoms with Crippen LogP contribution >= 0.6 is 0 Å². The number of ether oxygens (including phenoxy) is 3. The lowest BCUT2D eigenvalue weighted by molar-refractivity contribution is -0.145. The number of nitrogens with zero attached hydrogens (tertiary/aromatic N) is 1. The first kappa shape index (κ1) is 23.6. The molecule has 4 rings (SSSR count). The minimum atomic E-state index is -0.811. The molecule has 3 aromatic rings. The molecule has 0 aliphatic carbocycles. The second kappa shape index (κ2) is 11.1. The van der Waals surface area contributed by atoms with Gasteiger partial charge in [-0.15, -0.1) is 0 Å². The summed E-state index contributed by atoms with van der Waals surface area (Å²) in [5.74, 6) is 1.27. The highest BCUT2D eigenvalue weighted by atomic mass is 16.5. The van der Waals surface area contributed by atoms with E-state index < -0.39 is 12.0 Å². The summed E-state index contributed by atoms with van der Waals surface area (Å²) in [5.41, 5.74) is 2.82. The summed E-state index contributed by atoms with van der Waals surface area (Å²) in [4.78, 5) is 14.3. The summed E-state index contributed by atoms with van der Waals surface area (Å²) in [6.45, 7) is 1.08. The molecular weight excluding hydrogens is 430 g/mol. The molecule has 1 heterocycles. The molecule has 2 unspecified atom stereocenters. The van der Waals surface area contributed by atoms with Crippen molar-refractivity contribution in [2.24, 2.45) is 0 Å². The molecular formula is C28H31NO5. The molecule has 0 aromatic heterocycles. The molecule has 6 nitrogen and oxygen atoms in total. The number of carboxylic acid groups (broad SMARTS) is 1. The standard InChI is InChI=1S/C28H31NO5/c1-32-21-15-16-25(33-2)23(18-21)27(29-17-9-8-13-24(29)28(30)31)22-12-6-7-14-26(22)34-19-20-10-4-3-5-11-20/h3-7,10-12,14-16,18,24,27H,8-9,13,17,19H2,1-2H3,(H,30,31). The highest BCUT2D eigenvalue weighted by Gasteiger charge is 2.37. The summed E-state index contributed by atoms with van der Waals surface area (Å²) in [6.07, 6.45) is 2.42. The van der Waals surface area contributed by atoms with Crippen molar-refractivity contribution in [3.05, 3.63) is 89.5 Å². The number of carbonyl (C=O) groups is 1. The van der Waals surface area contributed by atoms with E-state index in [1.54, 1.807) is 14.2 Å². The Bertz CT molecular complexity index is 1100. The Labute approximate surface area is 200 Å². The van der Waals surface area contributed by atoms with Gasteiger partial charge in [0.05, 0.1) is 20.3 Å². The van der Waals surface area contributed by atoms with Crippen molar-refractivity contribution in [3.63, 3.8) is 0 Å². The molecule has 34 heavy (non-hydrogen) atoms. The maximum absolute atomic E-state index is 12.3. The lowest BCUT2D eigenvalue weighted by Crippen LogP contribution is -2.47. The van der Waals surface area contributed by atoms with Crippen molar-refractivity contribution in [3.8, 4) is 17.2 Å². The third kappa shape index (κ3) is 5.18. The Balaban J connectivity index is 1.82. The predicted molar refractivity (Wildman–Crippen MR) is 131 cm³/mol. The second-order valence-corrected chi connectivity index (χ2v) is 8.41. The van der Waals surface area contributed by atoms with Gasteiger partial charge in [0.15, 0.2) is 0 Å². The highest BCUT2D eigenvalue weighted by molar-refractivity contribution is 5.74. The summed E-state index contributed by atoms with van der Waals surface area (Å²) in [6, 6.07) is 22.5. The number of hydrogen-bond donors (Lipinski definition) is 1. The summed E-state index contributed by atoms with van der Waals surface area (Å²) < 4.78 is 17.5. The number of para-hydroxylation sites is 1. The van der Waals surface area contributed by atoms with E-state index in [1.807, 2.05) is 72.8 Å². The van der Waals surface area contributed by atoms with Crippen molar-refractivity contribution in [2.75, 3.05) is 20.8 Å². The van der Waals surface area contributed by atoms with Crippen LogP contribution in [0.4, 0.5) is 0 Å². The van der Waals surface area contributed by atoms with E-state index >= 15 is 0 Å². The number of rotatable bonds is 9. The third-order valence-electron chi connectivity index (χ3n) is 6.34. The van der Waals surface area contributed by atoms with Crippen molar-refractivity contribution >= 4 is 5.97 Å². The molecule has 0 bridgehead atoms. The molecule has 1 aliphatic rings. The van der Waals surface area contributed by atoms with Gasteiger partial charge in [-0.1, -0.05) is 55.0 Å². The zero-order valence-electron chi connectivity index (χ0n) is 19.6. The molecule has 0 amide bonds. The number of likely N-dealkylation sites (tertiary alicyclic amines) is 1. The van der Waals surface area contributed by atoms with Gasteiger partial charge in [0.25, 0.3) is 0 Å². The van der Waals surface area contributed by atoms with Crippen LogP contribution in [0.15, 0.2) is 72.8 Å². The van der Waals surface area contributed by atoms with Gasteiger partial charge >= 0.3 is 5.97 Å². The Kier molecular flexibility index (Phi) is 7.70. The van der Waals surface area contributed by atoms with Crippen LogP contribution in [-0.4, -0.2) is 42.8 Å². The average molecular weight is 462 g/mol. The van der Waals surface area contributed by atoms with E-state index in [0.717, 1.165) is 35.3 Å². The minimum Gasteiger partial charge on any atom is -0.497 e. The van der Waals surface area contributed by atoms with E-state index in [9.17, 15) is 9.90 Å². The first-order valence-corrected chi connectivity index (χ1v) is 11.6. The van der Waals surface area contributed by atoms with Gasteiger partial charge < -0.3 is 19.3 Å². The van der Waals surface area contributed by atoms with E-state index in [4.69, 9.17) is 14.2 Å².